The standard InChI is InChI=1S/C9H11ClN2O/c10-5-7(13)4-6-2-1-3-8(11)9(6)12/h1-3H,4-5,11-12H2. The third kappa shape index (κ3) is 2.36. The fourth-order valence-electron chi connectivity index (χ4n) is 1.05. The molecule has 4 heteroatoms. The topological polar surface area (TPSA) is 69.1 Å². The highest BCUT2D eigenvalue weighted by molar-refractivity contribution is 6.27. The Morgan fingerprint density at radius 3 is 2.69 bits per heavy atom. The van der Waals surface area contributed by atoms with Crippen molar-refractivity contribution in [2.24, 2.45) is 0 Å². The second-order valence-electron chi connectivity index (χ2n) is 2.77. The molecule has 0 aliphatic rings. The van der Waals surface area contributed by atoms with E-state index in [1.807, 2.05) is 0 Å². The van der Waals surface area contributed by atoms with Gasteiger partial charge in [-0.2, -0.15) is 0 Å². The van der Waals surface area contributed by atoms with Crippen LogP contribution in [0.15, 0.2) is 18.2 Å². The molecule has 0 unspecified atom stereocenters. The minimum atomic E-state index is -0.0565. The van der Waals surface area contributed by atoms with Crippen LogP contribution in [0.3, 0.4) is 0 Å². The number of hydrogen-bond donors (Lipinski definition) is 2. The van der Waals surface area contributed by atoms with Gasteiger partial charge in [0.05, 0.1) is 17.3 Å². The molecule has 0 aliphatic carbocycles. The van der Waals surface area contributed by atoms with Crippen LogP contribution in [0.25, 0.3) is 0 Å². The Balaban J connectivity index is 2.89. The van der Waals surface area contributed by atoms with Crippen LogP contribution in [0.2, 0.25) is 0 Å². The Bertz CT molecular complexity index is 325. The van der Waals surface area contributed by atoms with Gasteiger partial charge in [-0.1, -0.05) is 12.1 Å². The Morgan fingerprint density at radius 1 is 1.38 bits per heavy atom. The number of nitrogens with two attached hydrogens (primary N) is 2. The summed E-state index contributed by atoms with van der Waals surface area (Å²) >= 11 is 5.37. The minimum absolute atomic E-state index is 0.00817. The van der Waals surface area contributed by atoms with Crippen molar-refractivity contribution in [1.29, 1.82) is 0 Å². The zero-order valence-corrected chi connectivity index (χ0v) is 7.84. The number of anilines is 2. The van der Waals surface area contributed by atoms with Gasteiger partial charge in [0.25, 0.3) is 0 Å². The number of carbonyl (C=O) groups is 1. The molecule has 0 aromatic heterocycles. The summed E-state index contributed by atoms with van der Waals surface area (Å²) in [7, 11) is 0. The number of para-hydroxylation sites is 1. The monoisotopic (exact) mass is 198 g/mol. The first-order valence-electron chi connectivity index (χ1n) is 3.85. The fraction of sp³-hybridized carbons (Fsp3) is 0.222. The second kappa shape index (κ2) is 4.14. The van der Waals surface area contributed by atoms with E-state index in [1.165, 1.54) is 0 Å². The number of nitrogen functional groups attached to an aromatic ring is 2. The fourth-order valence-corrected chi connectivity index (χ4v) is 1.14. The molecule has 13 heavy (non-hydrogen) atoms. The summed E-state index contributed by atoms with van der Waals surface area (Å²) < 4.78 is 0. The smallest absolute Gasteiger partial charge is 0.152 e. The van der Waals surface area contributed by atoms with Gasteiger partial charge in [-0.25, -0.2) is 0 Å². The molecule has 0 radical (unpaired) electrons. The average Bonchev–Trinajstić information content (AvgIpc) is 2.13. The lowest BCUT2D eigenvalue weighted by atomic mass is 10.1. The van der Waals surface area contributed by atoms with Gasteiger partial charge in [-0.15, -0.1) is 11.6 Å². The second-order valence-corrected chi connectivity index (χ2v) is 3.04. The lowest BCUT2D eigenvalue weighted by Crippen LogP contribution is -2.07. The molecule has 0 spiro atoms. The van der Waals surface area contributed by atoms with Gasteiger partial charge in [-0.3, -0.25) is 4.79 Å². The molecule has 4 N–H and O–H groups in total. The van der Waals surface area contributed by atoms with Crippen LogP contribution in [0.1, 0.15) is 5.56 Å². The summed E-state index contributed by atoms with van der Waals surface area (Å²) in [6, 6.07) is 5.24. The van der Waals surface area contributed by atoms with Crippen molar-refractivity contribution >= 4 is 28.8 Å². The van der Waals surface area contributed by atoms with Crippen LogP contribution < -0.4 is 11.5 Å². The van der Waals surface area contributed by atoms with Gasteiger partial charge >= 0.3 is 0 Å². The van der Waals surface area contributed by atoms with Crippen LogP contribution in [0, 0.1) is 0 Å². The Hall–Kier alpha value is -1.22. The zero-order valence-electron chi connectivity index (χ0n) is 7.09. The summed E-state index contributed by atoms with van der Waals surface area (Å²) in [4.78, 5) is 11.0. The quantitative estimate of drug-likeness (QED) is 0.567. The third-order valence-electron chi connectivity index (χ3n) is 1.77. The summed E-state index contributed by atoms with van der Waals surface area (Å²) in [5.74, 6) is -0.0483. The van der Waals surface area contributed by atoms with Crippen molar-refractivity contribution in [3.05, 3.63) is 23.8 Å². The molecule has 70 valence electrons. The summed E-state index contributed by atoms with van der Waals surface area (Å²) in [5, 5.41) is 0. The molecule has 3 nitrogen and oxygen atoms in total. The van der Waals surface area contributed by atoms with Crippen molar-refractivity contribution < 1.29 is 4.79 Å². The zero-order chi connectivity index (χ0) is 9.84. The van der Waals surface area contributed by atoms with Gasteiger partial charge in [0.2, 0.25) is 0 Å². The van der Waals surface area contributed by atoms with E-state index in [2.05, 4.69) is 0 Å². The number of carbonyl (C=O) groups excluding carboxylic acids is 1. The maximum absolute atomic E-state index is 11.0. The lowest BCUT2D eigenvalue weighted by Gasteiger charge is -2.05. The molecule has 0 aliphatic heterocycles. The van der Waals surface area contributed by atoms with E-state index in [-0.39, 0.29) is 18.1 Å². The number of rotatable bonds is 3. The van der Waals surface area contributed by atoms with E-state index in [1.54, 1.807) is 18.2 Å². The SMILES string of the molecule is Nc1cccc(CC(=O)CCl)c1N. The first-order valence-corrected chi connectivity index (χ1v) is 4.39. The Labute approximate surface area is 81.7 Å². The van der Waals surface area contributed by atoms with E-state index < -0.39 is 0 Å². The van der Waals surface area contributed by atoms with Gasteiger partial charge in [0, 0.05) is 6.42 Å². The molecular weight excluding hydrogens is 188 g/mol. The first-order chi connectivity index (χ1) is 6.15. The van der Waals surface area contributed by atoms with Crippen LogP contribution in [-0.2, 0) is 11.2 Å². The molecule has 0 bridgehead atoms. The van der Waals surface area contributed by atoms with Gasteiger partial charge in [-0.05, 0) is 11.6 Å². The van der Waals surface area contributed by atoms with E-state index in [0.29, 0.717) is 11.4 Å². The van der Waals surface area contributed by atoms with Crippen molar-refractivity contribution in [2.45, 2.75) is 6.42 Å². The highest BCUT2D eigenvalue weighted by Gasteiger charge is 2.06. The van der Waals surface area contributed by atoms with E-state index in [4.69, 9.17) is 23.1 Å². The van der Waals surface area contributed by atoms with Crippen LogP contribution in [-0.4, -0.2) is 11.7 Å². The van der Waals surface area contributed by atoms with Crippen molar-refractivity contribution in [1.82, 2.24) is 0 Å². The number of alkyl halides is 1. The summed E-state index contributed by atoms with van der Waals surface area (Å²) in [6.45, 7) is 0. The molecule has 0 atom stereocenters. The number of Topliss-reactive ketones (excluding diaryl/α,β-unsaturated/α-hetero) is 1. The molecule has 0 fully saturated rings. The van der Waals surface area contributed by atoms with Gasteiger partial charge in [0.1, 0.15) is 0 Å². The summed E-state index contributed by atoms with van der Waals surface area (Å²) in [6.07, 6.45) is 0.250. The van der Waals surface area contributed by atoms with E-state index in [0.717, 1.165) is 5.56 Å². The molecule has 0 saturated heterocycles. The Morgan fingerprint density at radius 2 is 2.08 bits per heavy atom. The van der Waals surface area contributed by atoms with Crippen LogP contribution >= 0.6 is 11.6 Å². The maximum Gasteiger partial charge on any atom is 0.152 e. The van der Waals surface area contributed by atoms with Gasteiger partial charge in [0.15, 0.2) is 5.78 Å². The van der Waals surface area contributed by atoms with Crippen molar-refractivity contribution in [3.63, 3.8) is 0 Å². The first kappa shape index (κ1) is 9.86. The number of ketones is 1. The molecule has 1 aromatic rings. The third-order valence-corrected chi connectivity index (χ3v) is 2.06. The van der Waals surface area contributed by atoms with Crippen molar-refractivity contribution in [2.75, 3.05) is 17.3 Å². The van der Waals surface area contributed by atoms with Crippen LogP contribution in [0.4, 0.5) is 11.4 Å². The van der Waals surface area contributed by atoms with Crippen molar-refractivity contribution in [3.8, 4) is 0 Å². The van der Waals surface area contributed by atoms with E-state index in [9.17, 15) is 4.79 Å². The predicted molar refractivity (Wildman–Crippen MR) is 54.7 cm³/mol. The Kier molecular flexibility index (Phi) is 3.14. The molecule has 0 heterocycles. The largest absolute Gasteiger partial charge is 0.397 e. The molecule has 1 rings (SSSR count). The predicted octanol–water partition coefficient (Wildman–Crippen LogP) is 1.20. The maximum atomic E-state index is 11.0. The minimum Gasteiger partial charge on any atom is -0.397 e. The highest BCUT2D eigenvalue weighted by atomic mass is 35.5. The summed E-state index contributed by atoms with van der Waals surface area (Å²) in [5.41, 5.74) is 12.9. The lowest BCUT2D eigenvalue weighted by molar-refractivity contribution is -0.116. The molecular formula is C9H11ClN2O. The number of benzene rings is 1. The number of hydrogen-bond acceptors (Lipinski definition) is 3. The van der Waals surface area contributed by atoms with Gasteiger partial charge < -0.3 is 11.5 Å². The van der Waals surface area contributed by atoms with E-state index >= 15 is 0 Å². The molecule has 0 amide bonds. The van der Waals surface area contributed by atoms with Crippen LogP contribution in [0.5, 0.6) is 0 Å². The number of halogens is 1. The molecule has 1 aromatic carbocycles. The molecule has 0 saturated carbocycles. The normalized spacial score (nSPS) is 9.92. The average molecular weight is 199 g/mol. The highest BCUT2D eigenvalue weighted by Crippen LogP contribution is 2.19.